The van der Waals surface area contributed by atoms with Crippen LogP contribution in [0.4, 0.5) is 0 Å². The van der Waals surface area contributed by atoms with Crippen LogP contribution >= 0.6 is 12.4 Å². The molecule has 3 saturated heterocycles. The van der Waals surface area contributed by atoms with E-state index in [0.717, 1.165) is 74.2 Å². The van der Waals surface area contributed by atoms with Gasteiger partial charge in [0.05, 0.1) is 33.4 Å². The average Bonchev–Trinajstić information content (AvgIpc) is 1.63. The summed E-state index contributed by atoms with van der Waals surface area (Å²) in [4.78, 5) is 134. The first kappa shape index (κ1) is 102. The summed E-state index contributed by atoms with van der Waals surface area (Å²) in [5, 5.41) is 118. The number of nitrogens with zero attached hydrogens (tertiary/aromatic N) is 23. The van der Waals surface area contributed by atoms with Gasteiger partial charge in [0.1, 0.15) is 53.5 Å². The van der Waals surface area contributed by atoms with Crippen molar-refractivity contribution < 1.29 is 78.1 Å². The second-order valence-electron chi connectivity index (χ2n) is 34.9. The van der Waals surface area contributed by atoms with E-state index in [2.05, 4.69) is 97.3 Å². The molecule has 3 fully saturated rings. The number of piperazine rings is 3. The molecule has 18 rings (SSSR count). The highest BCUT2D eigenvalue weighted by Crippen LogP contribution is 2.47. The van der Waals surface area contributed by atoms with E-state index in [1.54, 1.807) is 28.0 Å². The highest BCUT2D eigenvalue weighted by Gasteiger charge is 2.35. The lowest BCUT2D eigenvalue weighted by atomic mass is 9.94. The molecule has 0 spiro atoms. The topological polar surface area (TPSA) is 582 Å². The van der Waals surface area contributed by atoms with E-state index in [0.29, 0.717) is 146 Å². The first-order chi connectivity index (χ1) is 68.1. The third-order valence-corrected chi connectivity index (χ3v) is 24.3. The lowest BCUT2D eigenvalue weighted by molar-refractivity contribution is 0.0618. The number of aromatic nitrogens is 18. The fourth-order valence-corrected chi connectivity index (χ4v) is 16.7. The minimum absolute atomic E-state index is 0. The van der Waals surface area contributed by atoms with Crippen LogP contribution in [-0.4, -0.2) is 283 Å². The van der Waals surface area contributed by atoms with E-state index in [-0.39, 0.29) is 151 Å². The number of amides is 5. The Morgan fingerprint density at radius 1 is 0.378 bits per heavy atom. The van der Waals surface area contributed by atoms with Gasteiger partial charge in [0.15, 0.2) is 68.4 Å². The van der Waals surface area contributed by atoms with Crippen molar-refractivity contribution in [2.24, 2.45) is 21.1 Å². The molecule has 5 amide bonds. The number of aromatic carboxylic acids is 1. The monoisotopic (exact) mass is 1980 g/mol. The number of carboxylic acid groups (broad SMARTS) is 1. The molecule has 0 radical (unpaired) electrons. The van der Waals surface area contributed by atoms with Crippen molar-refractivity contribution in [1.29, 1.82) is 0 Å². The zero-order valence-electron chi connectivity index (χ0n) is 80.3. The molecule has 0 saturated carbocycles. The molecule has 15 aromatic rings. The molecule has 0 aliphatic carbocycles. The maximum atomic E-state index is 13.2. The second-order valence-corrected chi connectivity index (χ2v) is 34.9. The van der Waals surface area contributed by atoms with Gasteiger partial charge in [0.2, 0.25) is 0 Å². The number of nitrogens with one attached hydrogen (secondary N) is 4. The van der Waals surface area contributed by atoms with Crippen LogP contribution in [0, 0.1) is 0 Å². The van der Waals surface area contributed by atoms with Crippen LogP contribution < -0.4 is 38.3 Å². The van der Waals surface area contributed by atoms with Crippen molar-refractivity contribution >= 4 is 64.9 Å². The van der Waals surface area contributed by atoms with Crippen molar-refractivity contribution in [1.82, 2.24) is 134 Å². The number of carboxylic acids is 1. The Morgan fingerprint density at radius 3 is 0.923 bits per heavy atom. The largest absolute Gasteiger partial charge is 0.508 e. The number of halogens is 1. The Balaban J connectivity index is 0.000000160. The Bertz CT molecular complexity index is 7130. The fraction of sp³-hybridized carbons (Fsp3) is 0.344. The number of imidazole rings is 3. The first-order valence-corrected chi connectivity index (χ1v) is 45.9. The van der Waals surface area contributed by atoms with Gasteiger partial charge in [-0.15, -0.1) is 27.7 Å². The smallest absolute Gasteiger partial charge is 0.358 e. The highest BCUT2D eigenvalue weighted by molar-refractivity contribution is 6.05. The number of phenols is 6. The summed E-state index contributed by atoms with van der Waals surface area (Å²) in [5.74, 6) is -2.89. The molecule has 143 heavy (non-hydrogen) atoms. The lowest BCUT2D eigenvalue weighted by Gasteiger charge is -2.34. The van der Waals surface area contributed by atoms with Gasteiger partial charge in [-0.05, 0) is 107 Å². The van der Waals surface area contributed by atoms with Crippen LogP contribution in [0.1, 0.15) is 176 Å². The number of carbonyl (C=O) groups is 6. The molecule has 0 atom stereocenters. The van der Waals surface area contributed by atoms with E-state index in [9.17, 15) is 73.8 Å². The molecule has 9 aromatic heterocycles. The van der Waals surface area contributed by atoms with Crippen molar-refractivity contribution in [2.45, 2.75) is 99.7 Å². The van der Waals surface area contributed by atoms with E-state index >= 15 is 0 Å². The summed E-state index contributed by atoms with van der Waals surface area (Å²) in [7, 11) is 4.36. The van der Waals surface area contributed by atoms with Crippen molar-refractivity contribution in [3.8, 4) is 102 Å². The van der Waals surface area contributed by atoms with Gasteiger partial charge in [0, 0.05) is 157 Å². The molecule has 46 nitrogen and oxygen atoms in total. The molecule has 3 aliphatic rings. The molecular weight excluding hydrogens is 1870 g/mol. The van der Waals surface area contributed by atoms with Crippen LogP contribution in [0.2, 0.25) is 0 Å². The van der Waals surface area contributed by atoms with E-state index in [4.69, 9.17) is 18.7 Å². The van der Waals surface area contributed by atoms with E-state index in [1.807, 2.05) is 135 Å². The maximum absolute atomic E-state index is 13.2. The van der Waals surface area contributed by atoms with Crippen LogP contribution in [0.25, 0.3) is 84.3 Å². The maximum Gasteiger partial charge on any atom is 0.358 e. The van der Waals surface area contributed by atoms with Gasteiger partial charge >= 0.3 is 23.0 Å². The Morgan fingerprint density at radius 2 is 0.650 bits per heavy atom. The molecule has 6 aromatic carbocycles. The van der Waals surface area contributed by atoms with Crippen molar-refractivity contribution in [3.63, 3.8) is 0 Å². The number of hydrogen-bond donors (Lipinski definition) is 11. The number of hydrogen-bond acceptors (Lipinski definition) is 34. The standard InChI is InChI=1S/2C32H35N9O6.C26H32N4O4.C6H5N5O3.ClH/c2*1-5-33-30(44)26-25(28(47-36-26)22-14-21(18(2)3)23(42)15-24(22)43)20-8-6-19(7-9-20)16-39-10-12-40(13-11-39)31(45)27-29-35-37-38(4)32(46)41(29)17-34-27;1-4-28-26(33)24-23(18-7-5-17(6-8-18)15-30-11-9-27-10-12-30)25(34-29-24)20-13-19(16(2)3)21(31)14-22(20)32;1-10-6(14)11-2-7-3(5(12)13)4(11)8-9-10;/h2*6-9,14-15,17-18,42-43H,5,10-13,16H2,1-4H3,(H,33,44);5-8,13-14,16,27,31-32H,4,9-12,15H2,1-3H3,(H,28,33);2H,1H3,(H,12,13);1H. The Labute approximate surface area is 821 Å². The van der Waals surface area contributed by atoms with Crippen LogP contribution in [0.5, 0.6) is 34.5 Å². The SMILES string of the molecule is CCNC(=O)c1noc(-c2cc(C(C)C)c(O)cc2O)c1-c1ccc(CN2CCN(C(=O)c3ncn4c(=O)n(C)nnc34)CC2)cc1.CCNC(=O)c1noc(-c2cc(C(C)C)c(O)cc2O)c1-c1ccc(CN2CCN(C(=O)c3ncn4c(=O)n(C)nnc34)CC2)cc1.CCNC(=O)c1noc(-c2cc(C(C)C)c(O)cc2O)c1-c1ccc(CN2CCNCC2)cc1.Cl.Cn1nnc2c(C(=O)O)ncn2c1=O. The van der Waals surface area contributed by atoms with Crippen molar-refractivity contribution in [3.05, 3.63) is 227 Å². The van der Waals surface area contributed by atoms with Gasteiger partial charge in [-0.2, -0.15) is 14.0 Å². The summed E-state index contributed by atoms with van der Waals surface area (Å²) < 4.78 is 23.6. The molecule has 12 heterocycles. The average molecular weight is 1980 g/mol. The second kappa shape index (κ2) is 44.3. The minimum atomic E-state index is -1.24. The third kappa shape index (κ3) is 21.9. The zero-order chi connectivity index (χ0) is 101. The quantitative estimate of drug-likeness (QED) is 0.0280. The van der Waals surface area contributed by atoms with Gasteiger partial charge in [-0.1, -0.05) is 145 Å². The predicted molar refractivity (Wildman–Crippen MR) is 521 cm³/mol. The molecular formula is C96H108ClN27O19. The number of aromatic hydroxyl groups is 6. The summed E-state index contributed by atoms with van der Waals surface area (Å²) in [6.45, 7) is 28.8. The van der Waals surface area contributed by atoms with Crippen LogP contribution in [0.15, 0.2) is 156 Å². The Kier molecular flexibility index (Phi) is 31.8. The van der Waals surface area contributed by atoms with Crippen molar-refractivity contribution in [2.75, 3.05) is 98.2 Å². The van der Waals surface area contributed by atoms with Crippen LogP contribution in [-0.2, 0) is 40.8 Å². The number of aryl methyl sites for hydroxylation is 3. The summed E-state index contributed by atoms with van der Waals surface area (Å²) in [5.41, 5.74) is 8.72. The highest BCUT2D eigenvalue weighted by atomic mass is 35.5. The van der Waals surface area contributed by atoms with Gasteiger partial charge < -0.3 is 80.4 Å². The number of benzene rings is 6. The number of phenolic OH excluding ortho intramolecular Hbond substituents is 6. The lowest BCUT2D eigenvalue weighted by Crippen LogP contribution is -2.48. The fourth-order valence-electron chi connectivity index (χ4n) is 16.7. The normalized spacial score (nSPS) is 13.6. The molecule has 0 unspecified atom stereocenters. The summed E-state index contributed by atoms with van der Waals surface area (Å²) in [6.07, 6.45) is 3.69. The molecule has 748 valence electrons. The molecule has 0 bridgehead atoms. The third-order valence-electron chi connectivity index (χ3n) is 24.3. The first-order valence-electron chi connectivity index (χ1n) is 45.9. The zero-order valence-corrected chi connectivity index (χ0v) is 81.1. The summed E-state index contributed by atoms with van der Waals surface area (Å²) >= 11 is 0. The molecule has 47 heteroatoms. The van der Waals surface area contributed by atoms with Crippen LogP contribution in [0.3, 0.4) is 0 Å². The van der Waals surface area contributed by atoms with Gasteiger partial charge in [-0.25, -0.2) is 47.3 Å². The summed E-state index contributed by atoms with van der Waals surface area (Å²) in [6, 6.07) is 32.2. The van der Waals surface area contributed by atoms with E-state index < -0.39 is 34.9 Å². The number of carbonyl (C=O) groups excluding carboxylic acids is 5. The Hall–Kier alpha value is -16.5. The van der Waals surface area contributed by atoms with Gasteiger partial charge in [-0.3, -0.25) is 38.7 Å². The van der Waals surface area contributed by atoms with Gasteiger partial charge in [0.25, 0.3) is 29.5 Å². The predicted octanol–water partition coefficient (Wildman–Crippen LogP) is 7.42. The number of rotatable bonds is 24. The number of fused-ring (bicyclic) bond motifs is 3. The van der Waals surface area contributed by atoms with E-state index in [1.165, 1.54) is 66.4 Å². The molecule has 11 N–H and O–H groups in total. The molecule has 3 aliphatic heterocycles. The minimum Gasteiger partial charge on any atom is -0.508 e.